The van der Waals surface area contributed by atoms with Crippen LogP contribution in [0.2, 0.25) is 0 Å². The second-order valence-electron chi connectivity index (χ2n) is 12.6. The van der Waals surface area contributed by atoms with Crippen molar-refractivity contribution < 1.29 is 29.7 Å². The molecule has 5 aromatic rings. The van der Waals surface area contributed by atoms with Crippen LogP contribution in [-0.4, -0.2) is 62.6 Å². The zero-order valence-electron chi connectivity index (χ0n) is 27.3. The van der Waals surface area contributed by atoms with Crippen molar-refractivity contribution in [1.29, 1.82) is 0 Å². The van der Waals surface area contributed by atoms with Gasteiger partial charge in [-0.15, -0.1) is 0 Å². The zero-order valence-corrected chi connectivity index (χ0v) is 27.3. The summed E-state index contributed by atoms with van der Waals surface area (Å²) in [4.78, 5) is 54.3. The number of hydrogen-bond donors (Lipinski definition) is 6. The number of benzene rings is 4. The summed E-state index contributed by atoms with van der Waals surface area (Å²) in [6.45, 7) is 1.69. The molecule has 2 heterocycles. The molecule has 1 atom stereocenters. The summed E-state index contributed by atoms with van der Waals surface area (Å²) in [5.41, 5.74) is 3.00. The van der Waals surface area contributed by atoms with Crippen LogP contribution < -0.4 is 16.2 Å². The van der Waals surface area contributed by atoms with Crippen molar-refractivity contribution in [2.45, 2.75) is 37.5 Å². The molecule has 6 N–H and O–H groups in total. The predicted molar refractivity (Wildman–Crippen MR) is 188 cm³/mol. The fraction of sp³-hybridized carbons (Fsp3) is 0.231. The number of carbonyl (C=O) groups excluding carboxylic acids is 2. The zero-order chi connectivity index (χ0) is 35.3. The quantitative estimate of drug-likeness (QED) is 0.121. The fourth-order valence-electron chi connectivity index (χ4n) is 6.49. The summed E-state index contributed by atoms with van der Waals surface area (Å²) in [5.74, 6) is -1.41. The number of nitrogens with zero attached hydrogens (tertiary/aromatic N) is 1. The third-order valence-corrected chi connectivity index (χ3v) is 9.44. The molecule has 0 radical (unpaired) electrons. The monoisotopic (exact) mass is 674 g/mol. The van der Waals surface area contributed by atoms with E-state index in [2.05, 4.69) is 15.6 Å². The minimum atomic E-state index is -1.02. The second-order valence-corrected chi connectivity index (χ2v) is 12.6. The van der Waals surface area contributed by atoms with Crippen molar-refractivity contribution in [2.24, 2.45) is 0 Å². The summed E-state index contributed by atoms with van der Waals surface area (Å²) >= 11 is 0. The first-order valence-corrected chi connectivity index (χ1v) is 16.4. The Hall–Kier alpha value is -5.78. The number of aliphatic carboxylic acids is 1. The van der Waals surface area contributed by atoms with Crippen molar-refractivity contribution in [3.05, 3.63) is 147 Å². The van der Waals surface area contributed by atoms with Crippen molar-refractivity contribution in [3.63, 3.8) is 0 Å². The first kappa shape index (κ1) is 34.1. The van der Waals surface area contributed by atoms with E-state index < -0.39 is 17.5 Å². The van der Waals surface area contributed by atoms with E-state index in [1.807, 2.05) is 54.6 Å². The van der Waals surface area contributed by atoms with Gasteiger partial charge in [-0.3, -0.25) is 19.2 Å². The summed E-state index contributed by atoms with van der Waals surface area (Å²) in [5, 5.41) is 37.6. The SMILES string of the molecule is O=C(NCc1ccc(CNC[C@H](O)c2ccc(O)c3[nH]c(=O)ccc23)cc1)c1ccc(C(=O)N2CCC(C(=O)O)(c3ccccc3)CC2)cc1. The number of carbonyl (C=O) groups is 3. The maximum absolute atomic E-state index is 13.2. The topological polar surface area (TPSA) is 172 Å². The number of amides is 2. The number of phenolic OH excluding ortho intramolecular Hbond substituents is 1. The van der Waals surface area contributed by atoms with E-state index in [4.69, 9.17) is 0 Å². The Morgan fingerprint density at radius 3 is 2.10 bits per heavy atom. The maximum atomic E-state index is 13.2. The number of aromatic nitrogens is 1. The number of aromatic hydroxyl groups is 1. The molecule has 0 bridgehead atoms. The lowest BCUT2D eigenvalue weighted by Gasteiger charge is -2.39. The number of carboxylic acid groups (broad SMARTS) is 1. The van der Waals surface area contributed by atoms with Crippen molar-refractivity contribution in [1.82, 2.24) is 20.5 Å². The van der Waals surface area contributed by atoms with E-state index in [1.165, 1.54) is 12.1 Å². The van der Waals surface area contributed by atoms with E-state index >= 15 is 0 Å². The molecule has 11 heteroatoms. The highest BCUT2D eigenvalue weighted by atomic mass is 16.4. The van der Waals surface area contributed by atoms with Gasteiger partial charge in [-0.25, -0.2) is 0 Å². The van der Waals surface area contributed by atoms with E-state index in [1.54, 1.807) is 41.3 Å². The number of carboxylic acids is 1. The highest BCUT2D eigenvalue weighted by Crippen LogP contribution is 2.36. The highest BCUT2D eigenvalue weighted by Gasteiger charge is 2.44. The van der Waals surface area contributed by atoms with Crippen LogP contribution in [0.4, 0.5) is 0 Å². The van der Waals surface area contributed by atoms with Crippen LogP contribution in [-0.2, 0) is 23.3 Å². The van der Waals surface area contributed by atoms with Gasteiger partial charge in [0.25, 0.3) is 11.8 Å². The van der Waals surface area contributed by atoms with Gasteiger partial charge in [0.1, 0.15) is 5.75 Å². The lowest BCUT2D eigenvalue weighted by atomic mass is 9.73. The summed E-state index contributed by atoms with van der Waals surface area (Å²) < 4.78 is 0. The van der Waals surface area contributed by atoms with Crippen LogP contribution in [0.3, 0.4) is 0 Å². The molecule has 256 valence electrons. The number of piperidine rings is 1. The van der Waals surface area contributed by atoms with E-state index in [0.29, 0.717) is 61.1 Å². The number of hydrogen-bond acceptors (Lipinski definition) is 7. The van der Waals surface area contributed by atoms with Crippen molar-refractivity contribution >= 4 is 28.7 Å². The van der Waals surface area contributed by atoms with Crippen molar-refractivity contribution in [2.75, 3.05) is 19.6 Å². The van der Waals surface area contributed by atoms with Crippen LogP contribution in [0.1, 0.15) is 61.9 Å². The largest absolute Gasteiger partial charge is 0.506 e. The van der Waals surface area contributed by atoms with E-state index in [9.17, 15) is 34.5 Å². The fourth-order valence-corrected chi connectivity index (χ4v) is 6.49. The number of fused-ring (bicyclic) bond motifs is 1. The number of likely N-dealkylation sites (tertiary alicyclic amines) is 1. The average molecular weight is 675 g/mol. The molecule has 0 saturated carbocycles. The van der Waals surface area contributed by atoms with Gasteiger partial charge in [0.15, 0.2) is 0 Å². The molecular formula is C39H38N4O7. The normalized spacial score (nSPS) is 14.6. The Morgan fingerprint density at radius 2 is 1.44 bits per heavy atom. The first-order valence-electron chi connectivity index (χ1n) is 16.4. The third-order valence-electron chi connectivity index (χ3n) is 9.44. The minimum absolute atomic E-state index is 0.0620. The molecule has 11 nitrogen and oxygen atoms in total. The van der Waals surface area contributed by atoms with Gasteiger partial charge in [-0.05, 0) is 71.5 Å². The molecule has 1 saturated heterocycles. The minimum Gasteiger partial charge on any atom is -0.506 e. The van der Waals surface area contributed by atoms with Crippen molar-refractivity contribution in [3.8, 4) is 5.75 Å². The molecule has 1 fully saturated rings. The molecule has 4 aromatic carbocycles. The molecule has 1 aromatic heterocycles. The Kier molecular flexibility index (Phi) is 10.1. The van der Waals surface area contributed by atoms with Gasteiger partial charge in [0, 0.05) is 55.3 Å². The number of nitrogens with one attached hydrogen (secondary N) is 3. The number of aliphatic hydroxyl groups is 1. The predicted octanol–water partition coefficient (Wildman–Crippen LogP) is 4.25. The Morgan fingerprint density at radius 1 is 0.800 bits per heavy atom. The number of rotatable bonds is 11. The molecule has 0 unspecified atom stereocenters. The number of H-pyrrole nitrogens is 1. The van der Waals surface area contributed by atoms with Gasteiger partial charge in [0.2, 0.25) is 5.56 Å². The molecule has 50 heavy (non-hydrogen) atoms. The lowest BCUT2D eigenvalue weighted by molar-refractivity contribution is -0.145. The summed E-state index contributed by atoms with van der Waals surface area (Å²) in [7, 11) is 0. The standard InChI is InChI=1S/C39H38N4O7/c44-32-16-14-30(31-15-17-34(46)42-35(31)32)33(45)24-40-22-25-6-8-26(9-7-25)23-41-36(47)27-10-12-28(13-11-27)37(48)43-20-18-39(19-21-43,38(49)50)29-4-2-1-3-5-29/h1-17,33,40,44-45H,18-24H2,(H,41,47)(H,42,46)(H,49,50)/t33-/m0/s1. The molecule has 0 spiro atoms. The van der Waals surface area contributed by atoms with Gasteiger partial charge in [0.05, 0.1) is 17.0 Å². The third kappa shape index (κ3) is 7.29. The highest BCUT2D eigenvalue weighted by molar-refractivity contribution is 5.98. The van der Waals surface area contributed by atoms with Crippen LogP contribution in [0.5, 0.6) is 5.75 Å². The smallest absolute Gasteiger partial charge is 0.314 e. The van der Waals surface area contributed by atoms with Gasteiger partial charge in [-0.1, -0.05) is 60.7 Å². The number of aromatic amines is 1. The van der Waals surface area contributed by atoms with Crippen LogP contribution >= 0.6 is 0 Å². The first-order chi connectivity index (χ1) is 24.1. The Bertz CT molecular complexity index is 2050. The van der Waals surface area contributed by atoms with Crippen LogP contribution in [0.15, 0.2) is 108 Å². The number of phenols is 1. The molecular weight excluding hydrogens is 636 g/mol. The molecule has 1 aliphatic heterocycles. The van der Waals surface area contributed by atoms with E-state index in [-0.39, 0.29) is 35.2 Å². The van der Waals surface area contributed by atoms with Crippen LogP contribution in [0, 0.1) is 0 Å². The molecule has 6 rings (SSSR count). The molecule has 2 amide bonds. The maximum Gasteiger partial charge on any atom is 0.314 e. The van der Waals surface area contributed by atoms with Crippen LogP contribution in [0.25, 0.3) is 10.9 Å². The molecule has 1 aliphatic rings. The molecule has 0 aliphatic carbocycles. The number of pyridine rings is 1. The average Bonchev–Trinajstić information content (AvgIpc) is 3.14. The Labute approximate surface area is 288 Å². The second kappa shape index (κ2) is 14.8. The summed E-state index contributed by atoms with van der Waals surface area (Å²) in [6, 6.07) is 29.3. The lowest BCUT2D eigenvalue weighted by Crippen LogP contribution is -2.49. The van der Waals surface area contributed by atoms with E-state index in [0.717, 1.165) is 16.7 Å². The van der Waals surface area contributed by atoms with Gasteiger partial charge < -0.3 is 35.8 Å². The van der Waals surface area contributed by atoms with Gasteiger partial charge >= 0.3 is 5.97 Å². The summed E-state index contributed by atoms with van der Waals surface area (Å²) in [6.07, 6.45) is -0.222. The van der Waals surface area contributed by atoms with Gasteiger partial charge in [-0.2, -0.15) is 0 Å². The Balaban J connectivity index is 0.965. The number of aliphatic hydroxyl groups excluding tert-OH is 1.